The van der Waals surface area contributed by atoms with E-state index in [4.69, 9.17) is 0 Å². The van der Waals surface area contributed by atoms with E-state index in [0.29, 0.717) is 5.56 Å². The van der Waals surface area contributed by atoms with Crippen LogP contribution in [0, 0.1) is 12.7 Å². The monoisotopic (exact) mass is 250 g/mol. The molecule has 1 N–H and O–H groups in total. The van der Waals surface area contributed by atoms with Crippen LogP contribution in [0.2, 0.25) is 0 Å². The van der Waals surface area contributed by atoms with Gasteiger partial charge in [-0.2, -0.15) is 0 Å². The van der Waals surface area contributed by atoms with Gasteiger partial charge in [0.25, 0.3) is 5.91 Å². The third-order valence-corrected chi connectivity index (χ3v) is 3.60. The highest BCUT2D eigenvalue weighted by Crippen LogP contribution is 2.17. The maximum atomic E-state index is 13.9. The minimum absolute atomic E-state index is 0.177. The Labute approximate surface area is 107 Å². The minimum Gasteiger partial charge on any atom is -0.339 e. The summed E-state index contributed by atoms with van der Waals surface area (Å²) in [5.41, 5.74) is 0.690. The molecule has 1 aliphatic heterocycles. The summed E-state index contributed by atoms with van der Waals surface area (Å²) in [6, 6.07) is 5.17. The molecule has 0 aromatic heterocycles. The Kier molecular flexibility index (Phi) is 3.97. The molecule has 1 aromatic carbocycles. The van der Waals surface area contributed by atoms with Gasteiger partial charge >= 0.3 is 0 Å². The van der Waals surface area contributed by atoms with E-state index >= 15 is 0 Å². The Morgan fingerprint density at radius 2 is 2.06 bits per heavy atom. The highest BCUT2D eigenvalue weighted by molar-refractivity contribution is 5.94. The zero-order chi connectivity index (χ0) is 13.1. The van der Waals surface area contributed by atoms with Crippen molar-refractivity contribution in [2.45, 2.75) is 25.8 Å². The Bertz CT molecular complexity index is 441. The molecule has 0 bridgehead atoms. The number of aryl methyl sites for hydroxylation is 1. The van der Waals surface area contributed by atoms with E-state index in [-0.39, 0.29) is 17.5 Å². The first-order valence-corrected chi connectivity index (χ1v) is 6.34. The largest absolute Gasteiger partial charge is 0.339 e. The van der Waals surface area contributed by atoms with Crippen LogP contribution in [0.15, 0.2) is 18.2 Å². The first-order chi connectivity index (χ1) is 8.61. The second-order valence-corrected chi connectivity index (χ2v) is 4.83. The lowest BCUT2D eigenvalue weighted by Crippen LogP contribution is -2.44. The number of amides is 1. The molecule has 1 fully saturated rings. The van der Waals surface area contributed by atoms with Crippen molar-refractivity contribution < 1.29 is 9.18 Å². The number of rotatable bonds is 2. The summed E-state index contributed by atoms with van der Waals surface area (Å²) in [7, 11) is 1.76. The van der Waals surface area contributed by atoms with Gasteiger partial charge in [0, 0.05) is 13.1 Å². The fourth-order valence-electron chi connectivity index (χ4n) is 2.36. The van der Waals surface area contributed by atoms with Crippen molar-refractivity contribution in [2.24, 2.45) is 0 Å². The topological polar surface area (TPSA) is 32.3 Å². The van der Waals surface area contributed by atoms with Crippen LogP contribution in [0.5, 0.6) is 0 Å². The number of carbonyl (C=O) groups excluding carboxylic acids is 1. The molecule has 1 saturated heterocycles. The lowest BCUT2D eigenvalue weighted by atomic mass is 10.0. The molecule has 1 heterocycles. The van der Waals surface area contributed by atoms with Crippen molar-refractivity contribution in [3.63, 3.8) is 0 Å². The minimum atomic E-state index is -0.400. The summed E-state index contributed by atoms with van der Waals surface area (Å²) in [4.78, 5) is 14.0. The number of carbonyl (C=O) groups is 1. The fourth-order valence-corrected chi connectivity index (χ4v) is 2.36. The van der Waals surface area contributed by atoms with E-state index in [9.17, 15) is 9.18 Å². The van der Waals surface area contributed by atoms with E-state index in [1.807, 2.05) is 0 Å². The van der Waals surface area contributed by atoms with Crippen LogP contribution in [0.1, 0.15) is 28.8 Å². The summed E-state index contributed by atoms with van der Waals surface area (Å²) < 4.78 is 13.9. The number of piperidine rings is 1. The predicted octanol–water partition coefficient (Wildman–Crippen LogP) is 1.96. The maximum Gasteiger partial charge on any atom is 0.256 e. The van der Waals surface area contributed by atoms with E-state index in [0.717, 1.165) is 25.9 Å². The van der Waals surface area contributed by atoms with Crippen molar-refractivity contribution >= 4 is 5.91 Å². The van der Waals surface area contributed by atoms with Gasteiger partial charge in [0.2, 0.25) is 0 Å². The van der Waals surface area contributed by atoms with Gasteiger partial charge in [0.15, 0.2) is 0 Å². The number of benzene rings is 1. The number of hydrogen-bond donors (Lipinski definition) is 1. The van der Waals surface area contributed by atoms with E-state index in [1.54, 1.807) is 37.1 Å². The van der Waals surface area contributed by atoms with Gasteiger partial charge < -0.3 is 10.2 Å². The standard InChI is InChI=1S/C14H19FN2O/c1-10-4-3-5-12(13(10)15)14(18)17(2)11-6-8-16-9-7-11/h3-5,11,16H,6-9H2,1-2H3. The van der Waals surface area contributed by atoms with Gasteiger partial charge in [-0.1, -0.05) is 12.1 Å². The van der Waals surface area contributed by atoms with Crippen LogP contribution >= 0.6 is 0 Å². The molecule has 0 aliphatic carbocycles. The maximum absolute atomic E-state index is 13.9. The van der Waals surface area contributed by atoms with Gasteiger partial charge in [0.05, 0.1) is 5.56 Å². The molecule has 2 rings (SSSR count). The van der Waals surface area contributed by atoms with Crippen molar-refractivity contribution in [1.82, 2.24) is 10.2 Å². The summed E-state index contributed by atoms with van der Waals surface area (Å²) in [5, 5.41) is 3.26. The lowest BCUT2D eigenvalue weighted by molar-refractivity contribution is 0.0698. The molecule has 18 heavy (non-hydrogen) atoms. The quantitative estimate of drug-likeness (QED) is 0.870. The van der Waals surface area contributed by atoms with Crippen LogP contribution in [0.3, 0.4) is 0 Å². The molecular weight excluding hydrogens is 231 g/mol. The van der Waals surface area contributed by atoms with Crippen LogP contribution in [-0.2, 0) is 0 Å². The van der Waals surface area contributed by atoms with Crippen molar-refractivity contribution in [3.8, 4) is 0 Å². The molecule has 0 unspecified atom stereocenters. The molecule has 98 valence electrons. The van der Waals surface area contributed by atoms with E-state index in [2.05, 4.69) is 5.32 Å². The smallest absolute Gasteiger partial charge is 0.256 e. The third-order valence-electron chi connectivity index (χ3n) is 3.60. The fraction of sp³-hybridized carbons (Fsp3) is 0.500. The first kappa shape index (κ1) is 13.0. The van der Waals surface area contributed by atoms with Crippen molar-refractivity contribution in [3.05, 3.63) is 35.1 Å². The first-order valence-electron chi connectivity index (χ1n) is 6.34. The van der Waals surface area contributed by atoms with Gasteiger partial charge in [0.1, 0.15) is 5.82 Å². The molecule has 4 heteroatoms. The molecular formula is C14H19FN2O. The molecule has 1 aliphatic rings. The Morgan fingerprint density at radius 3 is 2.72 bits per heavy atom. The summed E-state index contributed by atoms with van der Waals surface area (Å²) in [6.07, 6.45) is 1.85. The normalized spacial score (nSPS) is 16.6. The highest BCUT2D eigenvalue weighted by atomic mass is 19.1. The second-order valence-electron chi connectivity index (χ2n) is 4.83. The molecule has 0 spiro atoms. The Morgan fingerprint density at radius 1 is 1.39 bits per heavy atom. The second kappa shape index (κ2) is 5.48. The van der Waals surface area contributed by atoms with Crippen LogP contribution in [0.4, 0.5) is 4.39 Å². The number of hydrogen-bond acceptors (Lipinski definition) is 2. The molecule has 0 atom stereocenters. The van der Waals surface area contributed by atoms with Gasteiger partial charge in [-0.3, -0.25) is 4.79 Å². The molecule has 0 radical (unpaired) electrons. The molecule has 3 nitrogen and oxygen atoms in total. The molecule has 1 aromatic rings. The summed E-state index contributed by atoms with van der Waals surface area (Å²) >= 11 is 0. The highest BCUT2D eigenvalue weighted by Gasteiger charge is 2.24. The predicted molar refractivity (Wildman–Crippen MR) is 69.1 cm³/mol. The van der Waals surface area contributed by atoms with Crippen LogP contribution < -0.4 is 5.32 Å². The Balaban J connectivity index is 2.17. The average molecular weight is 250 g/mol. The van der Waals surface area contributed by atoms with Gasteiger partial charge in [-0.05, 0) is 44.5 Å². The zero-order valence-electron chi connectivity index (χ0n) is 10.9. The summed E-state index contributed by atoms with van der Waals surface area (Å²) in [5.74, 6) is -0.619. The van der Waals surface area contributed by atoms with Crippen molar-refractivity contribution in [2.75, 3.05) is 20.1 Å². The average Bonchev–Trinajstić information content (AvgIpc) is 2.41. The molecule has 1 amide bonds. The van der Waals surface area contributed by atoms with Crippen LogP contribution in [0.25, 0.3) is 0 Å². The van der Waals surface area contributed by atoms with Gasteiger partial charge in [-0.25, -0.2) is 4.39 Å². The SMILES string of the molecule is Cc1cccc(C(=O)N(C)C2CCNCC2)c1F. The van der Waals surface area contributed by atoms with E-state index < -0.39 is 5.82 Å². The molecule has 0 saturated carbocycles. The number of nitrogens with one attached hydrogen (secondary N) is 1. The third kappa shape index (κ3) is 2.53. The van der Waals surface area contributed by atoms with Crippen molar-refractivity contribution in [1.29, 1.82) is 0 Å². The summed E-state index contributed by atoms with van der Waals surface area (Å²) in [6.45, 7) is 3.51. The number of nitrogens with zero attached hydrogens (tertiary/aromatic N) is 1. The number of halogens is 1. The lowest BCUT2D eigenvalue weighted by Gasteiger charge is -2.31. The zero-order valence-corrected chi connectivity index (χ0v) is 10.9. The van der Waals surface area contributed by atoms with Gasteiger partial charge in [-0.15, -0.1) is 0 Å². The Hall–Kier alpha value is -1.42. The van der Waals surface area contributed by atoms with E-state index in [1.165, 1.54) is 0 Å². The van der Waals surface area contributed by atoms with Crippen LogP contribution in [-0.4, -0.2) is 37.0 Å².